The van der Waals surface area contributed by atoms with Crippen molar-refractivity contribution in [3.63, 3.8) is 0 Å². The molecule has 2 saturated heterocycles. The summed E-state index contributed by atoms with van der Waals surface area (Å²) in [5, 5.41) is 20.0. The highest BCUT2D eigenvalue weighted by molar-refractivity contribution is 5.70. The van der Waals surface area contributed by atoms with Gasteiger partial charge >= 0.3 is 12.3 Å². The number of aryl methyl sites for hydroxylation is 1. The standard InChI is InChI=1S/C26H32F3N3O4/c1-15-12-19(30-31-21(15)18-7-6-16(26(27,28)29)13-20(18)35-5)22(33)25-10-8-17(9-11-25)32(14-25)23(34)36-24(2,3)4/h6-7,12-13,17,22,33H,8-11,14H2,1-5H3. The van der Waals surface area contributed by atoms with E-state index in [0.717, 1.165) is 37.8 Å². The molecule has 36 heavy (non-hydrogen) atoms. The van der Waals surface area contributed by atoms with Crippen LogP contribution in [-0.4, -0.2) is 51.6 Å². The molecule has 3 fully saturated rings. The topological polar surface area (TPSA) is 84.8 Å². The first-order valence-electron chi connectivity index (χ1n) is 12.0. The lowest BCUT2D eigenvalue weighted by Crippen LogP contribution is -2.58. The number of amides is 1. The number of aliphatic hydroxyl groups excluding tert-OH is 1. The van der Waals surface area contributed by atoms with Crippen LogP contribution in [0.4, 0.5) is 18.0 Å². The van der Waals surface area contributed by atoms with Crippen molar-refractivity contribution in [1.82, 2.24) is 15.1 Å². The summed E-state index contributed by atoms with van der Waals surface area (Å²) in [4.78, 5) is 14.5. The molecule has 3 aliphatic rings. The van der Waals surface area contributed by atoms with Gasteiger partial charge in [-0.05, 0) is 83.2 Å². The number of nitrogens with zero attached hydrogens (tertiary/aromatic N) is 3. The first-order valence-corrected chi connectivity index (χ1v) is 12.0. The lowest BCUT2D eigenvalue weighted by Gasteiger charge is -2.54. The summed E-state index contributed by atoms with van der Waals surface area (Å²) >= 11 is 0. The van der Waals surface area contributed by atoms with Crippen molar-refractivity contribution in [2.45, 2.75) is 77.3 Å². The van der Waals surface area contributed by atoms with E-state index in [0.29, 0.717) is 29.1 Å². The van der Waals surface area contributed by atoms with E-state index >= 15 is 0 Å². The number of ether oxygens (including phenoxy) is 2. The minimum Gasteiger partial charge on any atom is -0.496 e. The fourth-order valence-corrected chi connectivity index (χ4v) is 5.29. The first-order chi connectivity index (χ1) is 16.7. The Hall–Kier alpha value is -2.88. The predicted molar refractivity (Wildman–Crippen MR) is 126 cm³/mol. The zero-order chi connectivity index (χ0) is 26.5. The molecule has 10 heteroatoms. The molecular weight excluding hydrogens is 475 g/mol. The zero-order valence-corrected chi connectivity index (χ0v) is 21.1. The van der Waals surface area contributed by atoms with Gasteiger partial charge < -0.3 is 19.5 Å². The largest absolute Gasteiger partial charge is 0.496 e. The molecule has 1 atom stereocenters. The third-order valence-electron chi connectivity index (χ3n) is 7.15. The van der Waals surface area contributed by atoms with E-state index in [1.165, 1.54) is 13.2 Å². The van der Waals surface area contributed by atoms with Crippen LogP contribution in [0.5, 0.6) is 5.75 Å². The molecule has 0 radical (unpaired) electrons. The van der Waals surface area contributed by atoms with Crippen LogP contribution in [0.3, 0.4) is 0 Å². The van der Waals surface area contributed by atoms with E-state index in [1.54, 1.807) is 17.9 Å². The second kappa shape index (κ2) is 9.21. The van der Waals surface area contributed by atoms with E-state index in [4.69, 9.17) is 9.47 Å². The summed E-state index contributed by atoms with van der Waals surface area (Å²) in [6.07, 6.45) is -2.81. The molecule has 1 aromatic carbocycles. The molecule has 0 spiro atoms. The summed E-state index contributed by atoms with van der Waals surface area (Å²) < 4.78 is 50.2. The Morgan fingerprint density at radius 2 is 1.83 bits per heavy atom. The molecule has 196 valence electrons. The van der Waals surface area contributed by atoms with Crippen molar-refractivity contribution in [2.75, 3.05) is 13.7 Å². The number of rotatable bonds is 4. The number of halogens is 3. The van der Waals surface area contributed by atoms with Gasteiger partial charge in [-0.3, -0.25) is 0 Å². The lowest BCUT2D eigenvalue weighted by molar-refractivity contribution is -0.137. The second-order valence-corrected chi connectivity index (χ2v) is 10.8. The first kappa shape index (κ1) is 26.2. The van der Waals surface area contributed by atoms with Crippen LogP contribution in [0.1, 0.15) is 69.4 Å². The van der Waals surface area contributed by atoms with E-state index in [-0.39, 0.29) is 17.9 Å². The van der Waals surface area contributed by atoms with E-state index < -0.39 is 28.9 Å². The van der Waals surface area contributed by atoms with Gasteiger partial charge in [0.2, 0.25) is 0 Å². The summed E-state index contributed by atoms with van der Waals surface area (Å²) in [6, 6.07) is 5.03. The lowest BCUT2D eigenvalue weighted by atomic mass is 9.64. The maximum Gasteiger partial charge on any atom is 0.416 e. The molecule has 2 aliphatic heterocycles. The van der Waals surface area contributed by atoms with Crippen molar-refractivity contribution in [1.29, 1.82) is 0 Å². The van der Waals surface area contributed by atoms with Crippen LogP contribution in [0.2, 0.25) is 0 Å². The number of carbonyl (C=O) groups is 1. The molecule has 1 unspecified atom stereocenters. The Balaban J connectivity index is 1.60. The summed E-state index contributed by atoms with van der Waals surface area (Å²) in [6.45, 7) is 7.60. The Labute approximate surface area is 208 Å². The fourth-order valence-electron chi connectivity index (χ4n) is 5.29. The molecule has 7 nitrogen and oxygen atoms in total. The molecule has 1 aromatic heterocycles. The van der Waals surface area contributed by atoms with Crippen molar-refractivity contribution in [3.8, 4) is 17.0 Å². The molecular formula is C26H32F3N3O4. The predicted octanol–water partition coefficient (Wildman–Crippen LogP) is 5.69. The van der Waals surface area contributed by atoms with Gasteiger partial charge in [-0.2, -0.15) is 18.3 Å². The Morgan fingerprint density at radius 3 is 2.39 bits per heavy atom. The van der Waals surface area contributed by atoms with Gasteiger partial charge in [0.1, 0.15) is 17.5 Å². The van der Waals surface area contributed by atoms with Crippen LogP contribution in [0, 0.1) is 12.3 Å². The highest BCUT2D eigenvalue weighted by Gasteiger charge is 2.52. The van der Waals surface area contributed by atoms with Crippen LogP contribution in [-0.2, 0) is 10.9 Å². The van der Waals surface area contributed by atoms with E-state index in [2.05, 4.69) is 10.2 Å². The third kappa shape index (κ3) is 5.00. The van der Waals surface area contributed by atoms with Crippen LogP contribution in [0.25, 0.3) is 11.3 Å². The number of hydrogen-bond acceptors (Lipinski definition) is 6. The molecule has 1 N–H and O–H groups in total. The molecule has 3 heterocycles. The molecule has 1 amide bonds. The molecule has 5 rings (SSSR count). The molecule has 2 bridgehead atoms. The Bertz CT molecular complexity index is 1140. The van der Waals surface area contributed by atoms with Crippen LogP contribution >= 0.6 is 0 Å². The van der Waals surface area contributed by atoms with Gasteiger partial charge in [0.05, 0.1) is 24.1 Å². The number of aliphatic hydroxyl groups is 1. The maximum atomic E-state index is 13.1. The second-order valence-electron chi connectivity index (χ2n) is 10.8. The molecule has 1 saturated carbocycles. The number of methoxy groups -OCH3 is 1. The van der Waals surface area contributed by atoms with Gasteiger partial charge in [-0.1, -0.05) is 0 Å². The van der Waals surface area contributed by atoms with Crippen molar-refractivity contribution < 1.29 is 32.5 Å². The van der Waals surface area contributed by atoms with Gasteiger partial charge in [0, 0.05) is 23.6 Å². The minimum atomic E-state index is -4.49. The quantitative estimate of drug-likeness (QED) is 0.572. The Morgan fingerprint density at radius 1 is 1.17 bits per heavy atom. The smallest absolute Gasteiger partial charge is 0.416 e. The average Bonchev–Trinajstić information content (AvgIpc) is 2.82. The van der Waals surface area contributed by atoms with Gasteiger partial charge in [0.25, 0.3) is 0 Å². The molecule has 1 aliphatic carbocycles. The van der Waals surface area contributed by atoms with E-state index in [1.807, 2.05) is 20.8 Å². The van der Waals surface area contributed by atoms with Crippen molar-refractivity contribution in [2.24, 2.45) is 5.41 Å². The monoisotopic (exact) mass is 507 g/mol. The third-order valence-corrected chi connectivity index (χ3v) is 7.15. The van der Waals surface area contributed by atoms with Gasteiger partial charge in [-0.15, -0.1) is 5.10 Å². The number of fused-ring (bicyclic) bond motifs is 3. The number of benzene rings is 1. The summed E-state index contributed by atoms with van der Waals surface area (Å²) in [5.41, 5.74) is -0.242. The van der Waals surface area contributed by atoms with Crippen LogP contribution in [0.15, 0.2) is 24.3 Å². The van der Waals surface area contributed by atoms with Gasteiger partial charge in [-0.25, -0.2) is 4.79 Å². The zero-order valence-electron chi connectivity index (χ0n) is 21.1. The van der Waals surface area contributed by atoms with Crippen LogP contribution < -0.4 is 4.74 Å². The average molecular weight is 508 g/mol. The van der Waals surface area contributed by atoms with E-state index in [9.17, 15) is 23.1 Å². The minimum absolute atomic E-state index is 0.0349. The number of piperidine rings is 2. The highest BCUT2D eigenvalue weighted by atomic mass is 19.4. The Kier molecular flexibility index (Phi) is 6.70. The number of aromatic nitrogens is 2. The van der Waals surface area contributed by atoms with Crippen molar-refractivity contribution >= 4 is 6.09 Å². The fraction of sp³-hybridized carbons (Fsp3) is 0.577. The summed E-state index contributed by atoms with van der Waals surface area (Å²) in [7, 11) is 1.30. The molecule has 2 aromatic rings. The number of carbonyl (C=O) groups excluding carboxylic acids is 1. The maximum absolute atomic E-state index is 13.1. The van der Waals surface area contributed by atoms with Crippen molar-refractivity contribution in [3.05, 3.63) is 41.1 Å². The number of hydrogen-bond donors (Lipinski definition) is 1. The van der Waals surface area contributed by atoms with Gasteiger partial charge in [0.15, 0.2) is 0 Å². The summed E-state index contributed by atoms with van der Waals surface area (Å²) in [5.74, 6) is 0.0349. The SMILES string of the molecule is COc1cc(C(F)(F)F)ccc1-c1nnc(C(O)C23CCC(CC2)N(C(=O)OC(C)(C)C)C3)cc1C. The number of alkyl halides is 3. The normalized spacial score (nSPS) is 22.9. The highest BCUT2D eigenvalue weighted by Crippen LogP contribution is 2.52.